The molecule has 1 aliphatic heterocycles. The lowest BCUT2D eigenvalue weighted by Crippen LogP contribution is -2.94. The van der Waals surface area contributed by atoms with Crippen molar-refractivity contribution < 1.29 is 19.9 Å². The molecule has 3 fully saturated rings. The maximum Gasteiger partial charge on any atom is 0.126 e. The van der Waals surface area contributed by atoms with Gasteiger partial charge in [0, 0.05) is 18.4 Å². The Morgan fingerprint density at radius 1 is 1.32 bits per heavy atom. The van der Waals surface area contributed by atoms with Crippen molar-refractivity contribution in [2.45, 2.75) is 71.1 Å². The van der Waals surface area contributed by atoms with Crippen LogP contribution in [0, 0.1) is 16.7 Å². The second-order valence-electron chi connectivity index (χ2n) is 8.51. The highest BCUT2D eigenvalue weighted by Gasteiger charge is 2.63. The highest BCUT2D eigenvalue weighted by molar-refractivity contribution is 5.10. The Balaban J connectivity index is 1.37. The third-order valence-electron chi connectivity index (χ3n) is 7.19. The monoisotopic (exact) mass is 312 g/mol. The lowest BCUT2D eigenvalue weighted by atomic mass is 9.69. The van der Waals surface area contributed by atoms with Crippen molar-refractivity contribution in [1.29, 1.82) is 0 Å². The molecule has 2 saturated carbocycles. The van der Waals surface area contributed by atoms with E-state index in [0.717, 1.165) is 31.9 Å². The minimum absolute atomic E-state index is 0.251. The maximum atomic E-state index is 10.2. The van der Waals surface area contributed by atoms with Gasteiger partial charge in [-0.2, -0.15) is 0 Å². The molecular weight excluding hydrogens is 278 g/mol. The Kier molecular flexibility index (Phi) is 4.84. The molecule has 4 nitrogen and oxygen atoms in total. The van der Waals surface area contributed by atoms with E-state index < -0.39 is 0 Å². The zero-order valence-corrected chi connectivity index (χ0v) is 14.5. The molecule has 0 unspecified atom stereocenters. The van der Waals surface area contributed by atoms with Crippen LogP contribution in [0.5, 0.6) is 0 Å². The van der Waals surface area contributed by atoms with Crippen molar-refractivity contribution in [2.24, 2.45) is 16.7 Å². The first-order chi connectivity index (χ1) is 10.4. The van der Waals surface area contributed by atoms with Gasteiger partial charge >= 0.3 is 0 Å². The molecular formula is C18H34NO3+. The van der Waals surface area contributed by atoms with Crippen LogP contribution in [0.25, 0.3) is 0 Å². The van der Waals surface area contributed by atoms with E-state index >= 15 is 0 Å². The van der Waals surface area contributed by atoms with E-state index in [1.165, 1.54) is 19.3 Å². The van der Waals surface area contributed by atoms with Crippen LogP contribution in [-0.2, 0) is 9.47 Å². The third kappa shape index (κ3) is 2.95. The molecule has 128 valence electrons. The fraction of sp³-hybridized carbons (Fsp3) is 1.00. The number of aliphatic hydroxyl groups is 1. The third-order valence-corrected chi connectivity index (χ3v) is 7.19. The van der Waals surface area contributed by atoms with Crippen LogP contribution in [0.15, 0.2) is 0 Å². The smallest absolute Gasteiger partial charge is 0.126 e. The van der Waals surface area contributed by atoms with Crippen LogP contribution >= 0.6 is 0 Å². The van der Waals surface area contributed by atoms with Gasteiger partial charge in [-0.15, -0.1) is 0 Å². The summed E-state index contributed by atoms with van der Waals surface area (Å²) in [5, 5.41) is 12.6. The van der Waals surface area contributed by atoms with Gasteiger partial charge in [-0.1, -0.05) is 20.8 Å². The predicted molar refractivity (Wildman–Crippen MR) is 85.6 cm³/mol. The van der Waals surface area contributed by atoms with Crippen molar-refractivity contribution in [2.75, 3.05) is 26.4 Å². The highest BCUT2D eigenvalue weighted by Crippen LogP contribution is 2.64. The first kappa shape index (κ1) is 16.7. The highest BCUT2D eigenvalue weighted by atomic mass is 16.5. The Hall–Kier alpha value is -0.160. The predicted octanol–water partition coefficient (Wildman–Crippen LogP) is 1.32. The molecule has 0 amide bonds. The largest absolute Gasteiger partial charge is 0.385 e. The summed E-state index contributed by atoms with van der Waals surface area (Å²) in [6.07, 6.45) is 6.17. The second kappa shape index (κ2) is 6.39. The number of rotatable bonds is 7. The zero-order valence-electron chi connectivity index (χ0n) is 14.5. The Morgan fingerprint density at radius 3 is 2.73 bits per heavy atom. The summed E-state index contributed by atoms with van der Waals surface area (Å²) in [5.74, 6) is 0.867. The molecule has 1 saturated heterocycles. The second-order valence-corrected chi connectivity index (χ2v) is 8.51. The molecule has 5 atom stereocenters. The van der Waals surface area contributed by atoms with Gasteiger partial charge in [0.25, 0.3) is 0 Å². The lowest BCUT2D eigenvalue weighted by Gasteiger charge is -2.37. The van der Waals surface area contributed by atoms with Gasteiger partial charge < -0.3 is 19.9 Å². The van der Waals surface area contributed by atoms with Crippen molar-refractivity contribution in [1.82, 2.24) is 0 Å². The molecule has 3 aliphatic rings. The van der Waals surface area contributed by atoms with Crippen LogP contribution < -0.4 is 5.32 Å². The molecule has 0 aromatic heterocycles. The van der Waals surface area contributed by atoms with Gasteiger partial charge in [-0.05, 0) is 37.0 Å². The van der Waals surface area contributed by atoms with Crippen LogP contribution in [0.3, 0.4) is 0 Å². The Morgan fingerprint density at radius 2 is 2.14 bits per heavy atom. The molecule has 0 aromatic rings. The van der Waals surface area contributed by atoms with Gasteiger partial charge in [-0.3, -0.25) is 0 Å². The molecule has 4 heteroatoms. The first-order valence-electron chi connectivity index (χ1n) is 9.14. The van der Waals surface area contributed by atoms with E-state index in [4.69, 9.17) is 9.47 Å². The minimum atomic E-state index is -0.368. The van der Waals surface area contributed by atoms with Crippen molar-refractivity contribution in [3.8, 4) is 0 Å². The van der Waals surface area contributed by atoms with Gasteiger partial charge in [0.1, 0.15) is 12.6 Å². The molecule has 1 heterocycles. The number of hydrogen-bond donors (Lipinski definition) is 2. The van der Waals surface area contributed by atoms with Gasteiger partial charge in [0.2, 0.25) is 0 Å². The van der Waals surface area contributed by atoms with Gasteiger partial charge in [0.05, 0.1) is 25.4 Å². The Bertz CT molecular complexity index is 381. The molecule has 2 aliphatic carbocycles. The van der Waals surface area contributed by atoms with Crippen molar-refractivity contribution >= 4 is 0 Å². The van der Waals surface area contributed by atoms with Crippen LogP contribution in [0.1, 0.15) is 52.9 Å². The number of hydrogen-bond acceptors (Lipinski definition) is 3. The fourth-order valence-corrected chi connectivity index (χ4v) is 5.12. The zero-order chi connectivity index (χ0) is 15.8. The fourth-order valence-electron chi connectivity index (χ4n) is 5.12. The molecule has 22 heavy (non-hydrogen) atoms. The number of fused-ring (bicyclic) bond motifs is 2. The summed E-state index contributed by atoms with van der Waals surface area (Å²) < 4.78 is 11.2. The number of nitrogens with two attached hydrogens (primary N) is 1. The van der Waals surface area contributed by atoms with E-state index in [0.29, 0.717) is 30.1 Å². The van der Waals surface area contributed by atoms with E-state index in [9.17, 15) is 5.11 Å². The molecule has 3 rings (SSSR count). The topological polar surface area (TPSA) is 55.3 Å². The van der Waals surface area contributed by atoms with E-state index in [1.807, 2.05) is 0 Å². The summed E-state index contributed by atoms with van der Waals surface area (Å²) in [6, 6.07) is 0.661. The molecule has 3 N–H and O–H groups in total. The lowest BCUT2D eigenvalue weighted by molar-refractivity contribution is -0.707. The van der Waals surface area contributed by atoms with E-state index in [1.54, 1.807) is 0 Å². The summed E-state index contributed by atoms with van der Waals surface area (Å²) in [5.41, 5.74) is 0.880. The average Bonchev–Trinajstić information content (AvgIpc) is 3.10. The maximum absolute atomic E-state index is 10.2. The summed E-state index contributed by atoms with van der Waals surface area (Å²) >= 11 is 0. The summed E-state index contributed by atoms with van der Waals surface area (Å²) in [7, 11) is 0. The van der Waals surface area contributed by atoms with Gasteiger partial charge in [0.15, 0.2) is 0 Å². The minimum Gasteiger partial charge on any atom is -0.385 e. The summed E-state index contributed by atoms with van der Waals surface area (Å²) in [4.78, 5) is 0. The molecule has 0 spiro atoms. The number of quaternary nitrogens is 1. The number of ether oxygens (including phenoxy) is 2. The normalized spacial score (nSPS) is 41.2. The van der Waals surface area contributed by atoms with Crippen LogP contribution in [-0.4, -0.2) is 49.7 Å². The number of aliphatic hydroxyl groups excluding tert-OH is 1. The first-order valence-corrected chi connectivity index (χ1v) is 9.14. The van der Waals surface area contributed by atoms with Crippen LogP contribution in [0.2, 0.25) is 0 Å². The van der Waals surface area contributed by atoms with E-state index in [-0.39, 0.29) is 12.2 Å². The van der Waals surface area contributed by atoms with Crippen molar-refractivity contribution in [3.63, 3.8) is 0 Å². The molecule has 2 bridgehead atoms. The summed E-state index contributed by atoms with van der Waals surface area (Å²) in [6.45, 7) is 10.0. The quantitative estimate of drug-likeness (QED) is 0.745. The Labute approximate surface area is 134 Å². The van der Waals surface area contributed by atoms with Crippen LogP contribution in [0.4, 0.5) is 0 Å². The van der Waals surface area contributed by atoms with Crippen molar-refractivity contribution in [3.05, 3.63) is 0 Å². The average molecular weight is 312 g/mol. The molecule has 0 radical (unpaired) electrons. The van der Waals surface area contributed by atoms with E-state index in [2.05, 4.69) is 26.1 Å². The van der Waals surface area contributed by atoms with Gasteiger partial charge in [-0.25, -0.2) is 0 Å². The molecule has 0 aromatic carbocycles. The standard InChI is InChI=1S/C18H33NO3/c1-17(2)13-6-7-18(17,3)16(9-13)19-10-14(20)11-21-12-15-5-4-8-22-15/h13-16,19-20H,4-12H2,1-3H3/p+1/t13-,14-,15+,16-,18+/m0/s1. The SMILES string of the molecule is CC1(C)[C@H]2CC[C@]1(C)[C@@H]([NH2+]C[C@H](O)COC[C@H]1CCCO1)C2.